The molecule has 100 valence electrons. The Morgan fingerprint density at radius 1 is 1.05 bits per heavy atom. The van der Waals surface area contributed by atoms with Crippen molar-refractivity contribution in [3.8, 4) is 17.1 Å². The number of phenolic OH excluding ortho intramolecular Hbond substituents is 1. The van der Waals surface area contributed by atoms with E-state index in [9.17, 15) is 9.90 Å². The molecule has 0 radical (unpaired) electrons. The van der Waals surface area contributed by atoms with E-state index in [0.717, 1.165) is 22.1 Å². The van der Waals surface area contributed by atoms with Gasteiger partial charge in [-0.3, -0.25) is 0 Å². The molecule has 0 saturated carbocycles. The van der Waals surface area contributed by atoms with Crippen molar-refractivity contribution in [3.05, 3.63) is 64.0 Å². The molecule has 0 bridgehead atoms. The lowest BCUT2D eigenvalue weighted by Gasteiger charge is -2.05. The third-order valence-electron chi connectivity index (χ3n) is 3.38. The quantitative estimate of drug-likeness (QED) is 0.729. The maximum absolute atomic E-state index is 12.0. The van der Waals surface area contributed by atoms with Crippen LogP contribution in [0.15, 0.2) is 51.7 Å². The van der Waals surface area contributed by atoms with Crippen molar-refractivity contribution in [3.63, 3.8) is 0 Å². The second-order valence-electron chi connectivity index (χ2n) is 4.99. The summed E-state index contributed by atoms with van der Waals surface area (Å²) in [7, 11) is 0. The van der Waals surface area contributed by atoms with Crippen LogP contribution in [0.4, 0.5) is 0 Å². The van der Waals surface area contributed by atoms with Crippen LogP contribution in [-0.2, 0) is 0 Å². The molecular weight excluding hydrogens is 252 g/mol. The number of benzene rings is 2. The Balaban J connectivity index is 2.29. The number of aromatic hydroxyl groups is 1. The van der Waals surface area contributed by atoms with Crippen molar-refractivity contribution in [2.75, 3.05) is 0 Å². The van der Waals surface area contributed by atoms with Gasteiger partial charge in [0.25, 0.3) is 0 Å². The molecule has 0 aliphatic heterocycles. The minimum atomic E-state index is -0.436. The molecule has 20 heavy (non-hydrogen) atoms. The Hall–Kier alpha value is -2.55. The van der Waals surface area contributed by atoms with Gasteiger partial charge in [-0.15, -0.1) is 0 Å². The Labute approximate surface area is 116 Å². The van der Waals surface area contributed by atoms with E-state index in [1.165, 1.54) is 6.07 Å². The fraction of sp³-hybridized carbons (Fsp3) is 0.118. The van der Waals surface area contributed by atoms with Gasteiger partial charge in [0.15, 0.2) is 0 Å². The standard InChI is InChI=1S/C17H14O3/c1-10-4-3-5-12(6-10)16-8-13-7-11(2)15(18)9-14(13)17(19)20-16/h3-9,18H,1-2H3. The molecule has 3 heteroatoms. The van der Waals surface area contributed by atoms with Gasteiger partial charge in [0.1, 0.15) is 11.5 Å². The SMILES string of the molecule is Cc1cccc(-c2cc3cc(C)c(O)cc3c(=O)o2)c1. The van der Waals surface area contributed by atoms with Crippen LogP contribution in [0.25, 0.3) is 22.1 Å². The normalized spacial score (nSPS) is 10.9. The smallest absolute Gasteiger partial charge is 0.344 e. The summed E-state index contributed by atoms with van der Waals surface area (Å²) in [4.78, 5) is 12.0. The van der Waals surface area contributed by atoms with Crippen molar-refractivity contribution in [1.82, 2.24) is 0 Å². The van der Waals surface area contributed by atoms with E-state index in [1.807, 2.05) is 37.3 Å². The van der Waals surface area contributed by atoms with Crippen molar-refractivity contribution in [2.24, 2.45) is 0 Å². The maximum Gasteiger partial charge on any atom is 0.344 e. The van der Waals surface area contributed by atoms with Crippen LogP contribution in [-0.4, -0.2) is 5.11 Å². The van der Waals surface area contributed by atoms with Crippen LogP contribution in [0, 0.1) is 13.8 Å². The highest BCUT2D eigenvalue weighted by molar-refractivity contribution is 5.86. The van der Waals surface area contributed by atoms with E-state index in [0.29, 0.717) is 11.1 Å². The van der Waals surface area contributed by atoms with Gasteiger partial charge in [-0.25, -0.2) is 4.79 Å². The fourth-order valence-corrected chi connectivity index (χ4v) is 2.28. The monoisotopic (exact) mass is 266 g/mol. The predicted molar refractivity (Wildman–Crippen MR) is 79.1 cm³/mol. The number of hydrogen-bond donors (Lipinski definition) is 1. The second-order valence-corrected chi connectivity index (χ2v) is 4.99. The van der Waals surface area contributed by atoms with Crippen LogP contribution in [0.2, 0.25) is 0 Å². The van der Waals surface area contributed by atoms with Gasteiger partial charge in [-0.05, 0) is 49.1 Å². The molecule has 0 spiro atoms. The first kappa shape index (κ1) is 12.5. The van der Waals surface area contributed by atoms with Crippen LogP contribution in [0.1, 0.15) is 11.1 Å². The van der Waals surface area contributed by atoms with Crippen LogP contribution in [0.3, 0.4) is 0 Å². The molecule has 0 unspecified atom stereocenters. The van der Waals surface area contributed by atoms with E-state index < -0.39 is 5.63 Å². The van der Waals surface area contributed by atoms with Crippen molar-refractivity contribution < 1.29 is 9.52 Å². The first-order chi connectivity index (χ1) is 9.54. The molecule has 3 aromatic rings. The number of phenols is 1. The Morgan fingerprint density at radius 2 is 1.85 bits per heavy atom. The van der Waals surface area contributed by atoms with Crippen molar-refractivity contribution in [1.29, 1.82) is 0 Å². The van der Waals surface area contributed by atoms with Crippen molar-refractivity contribution >= 4 is 10.8 Å². The molecule has 1 heterocycles. The molecule has 0 aliphatic rings. The van der Waals surface area contributed by atoms with E-state index >= 15 is 0 Å². The molecule has 0 fully saturated rings. The van der Waals surface area contributed by atoms with Gasteiger partial charge < -0.3 is 9.52 Å². The number of fused-ring (bicyclic) bond motifs is 1. The number of rotatable bonds is 1. The molecule has 0 aliphatic carbocycles. The molecule has 3 nitrogen and oxygen atoms in total. The molecule has 1 aromatic heterocycles. The van der Waals surface area contributed by atoms with Crippen LogP contribution < -0.4 is 5.63 Å². The van der Waals surface area contributed by atoms with Crippen LogP contribution >= 0.6 is 0 Å². The highest BCUT2D eigenvalue weighted by Crippen LogP contribution is 2.26. The lowest BCUT2D eigenvalue weighted by molar-refractivity contribution is 0.471. The molecule has 2 aromatic carbocycles. The van der Waals surface area contributed by atoms with Gasteiger partial charge in [-0.2, -0.15) is 0 Å². The van der Waals surface area contributed by atoms with Gasteiger partial charge in [-0.1, -0.05) is 23.8 Å². The van der Waals surface area contributed by atoms with Crippen molar-refractivity contribution in [2.45, 2.75) is 13.8 Å². The largest absolute Gasteiger partial charge is 0.508 e. The summed E-state index contributed by atoms with van der Waals surface area (Å²) in [6.45, 7) is 3.79. The molecule has 3 rings (SSSR count). The molecular formula is C17H14O3. The highest BCUT2D eigenvalue weighted by atomic mass is 16.4. The zero-order valence-electron chi connectivity index (χ0n) is 11.3. The van der Waals surface area contributed by atoms with Gasteiger partial charge in [0.2, 0.25) is 0 Å². The summed E-state index contributed by atoms with van der Waals surface area (Å²) in [5, 5.41) is 10.8. The zero-order valence-corrected chi connectivity index (χ0v) is 11.3. The average molecular weight is 266 g/mol. The van der Waals surface area contributed by atoms with E-state index in [-0.39, 0.29) is 5.75 Å². The first-order valence-electron chi connectivity index (χ1n) is 6.39. The number of aryl methyl sites for hydroxylation is 2. The average Bonchev–Trinajstić information content (AvgIpc) is 2.41. The third kappa shape index (κ3) is 2.07. The fourth-order valence-electron chi connectivity index (χ4n) is 2.28. The first-order valence-corrected chi connectivity index (χ1v) is 6.39. The summed E-state index contributed by atoms with van der Waals surface area (Å²) in [6.07, 6.45) is 0. The maximum atomic E-state index is 12.0. The zero-order chi connectivity index (χ0) is 14.3. The van der Waals surface area contributed by atoms with Gasteiger partial charge in [0.05, 0.1) is 5.39 Å². The highest BCUT2D eigenvalue weighted by Gasteiger charge is 2.09. The van der Waals surface area contributed by atoms with E-state index in [1.54, 1.807) is 13.0 Å². The predicted octanol–water partition coefficient (Wildman–Crippen LogP) is 3.78. The van der Waals surface area contributed by atoms with Crippen LogP contribution in [0.5, 0.6) is 5.75 Å². The lowest BCUT2D eigenvalue weighted by atomic mass is 10.1. The molecule has 0 amide bonds. The minimum absolute atomic E-state index is 0.105. The van der Waals surface area contributed by atoms with Gasteiger partial charge >= 0.3 is 5.63 Å². The molecule has 1 N–H and O–H groups in total. The minimum Gasteiger partial charge on any atom is -0.508 e. The Morgan fingerprint density at radius 3 is 2.60 bits per heavy atom. The Kier molecular flexibility index (Phi) is 2.83. The summed E-state index contributed by atoms with van der Waals surface area (Å²) < 4.78 is 5.36. The molecule has 0 saturated heterocycles. The second kappa shape index (κ2) is 4.53. The third-order valence-corrected chi connectivity index (χ3v) is 3.38. The Bertz CT molecular complexity index is 860. The summed E-state index contributed by atoms with van der Waals surface area (Å²) in [6, 6.07) is 12.9. The summed E-state index contributed by atoms with van der Waals surface area (Å²) >= 11 is 0. The van der Waals surface area contributed by atoms with E-state index in [4.69, 9.17) is 4.42 Å². The summed E-state index contributed by atoms with van der Waals surface area (Å²) in [5.41, 5.74) is 2.27. The lowest BCUT2D eigenvalue weighted by Crippen LogP contribution is -2.00. The van der Waals surface area contributed by atoms with E-state index in [2.05, 4.69) is 0 Å². The summed E-state index contributed by atoms with van der Waals surface area (Å²) in [5.74, 6) is 0.643. The number of hydrogen-bond acceptors (Lipinski definition) is 3. The topological polar surface area (TPSA) is 50.4 Å². The van der Waals surface area contributed by atoms with Gasteiger partial charge in [0, 0.05) is 5.56 Å². The molecule has 0 atom stereocenters.